The van der Waals surface area contributed by atoms with E-state index < -0.39 is 11.5 Å². The van der Waals surface area contributed by atoms with Crippen LogP contribution in [0.25, 0.3) is 11.3 Å². The zero-order chi connectivity index (χ0) is 15.5. The van der Waals surface area contributed by atoms with Crippen LogP contribution in [-0.4, -0.2) is 23.6 Å². The summed E-state index contributed by atoms with van der Waals surface area (Å²) >= 11 is -0.284. The molecule has 3 nitrogen and oxygen atoms in total. The molecule has 0 aliphatic carbocycles. The highest BCUT2D eigenvalue weighted by atomic mass is 32.2. The number of rotatable bonds is 3. The first kappa shape index (κ1) is 15.4. The van der Waals surface area contributed by atoms with Gasteiger partial charge < -0.3 is 4.74 Å². The number of nitrogens with zero attached hydrogens (tertiary/aromatic N) is 1. The Morgan fingerprint density at radius 3 is 2.57 bits per heavy atom. The molecule has 0 atom stereocenters. The molecule has 2 rings (SSSR count). The van der Waals surface area contributed by atoms with Gasteiger partial charge in [0.2, 0.25) is 0 Å². The number of aromatic nitrogens is 1. The molecule has 0 N–H and O–H groups in total. The van der Waals surface area contributed by atoms with E-state index in [-0.39, 0.29) is 22.2 Å². The van der Waals surface area contributed by atoms with Crippen molar-refractivity contribution in [3.05, 3.63) is 48.2 Å². The minimum atomic E-state index is -4.46. The van der Waals surface area contributed by atoms with E-state index in [4.69, 9.17) is 0 Å². The average molecular weight is 313 g/mol. The second-order valence-electron chi connectivity index (χ2n) is 3.97. The Morgan fingerprint density at radius 2 is 2.00 bits per heavy atom. The number of carbonyl (C=O) groups is 1. The van der Waals surface area contributed by atoms with Crippen molar-refractivity contribution in [2.24, 2.45) is 0 Å². The van der Waals surface area contributed by atoms with Crippen molar-refractivity contribution < 1.29 is 22.7 Å². The molecular weight excluding hydrogens is 303 g/mol. The monoisotopic (exact) mass is 313 g/mol. The quantitative estimate of drug-likeness (QED) is 0.630. The molecule has 0 unspecified atom stereocenters. The summed E-state index contributed by atoms with van der Waals surface area (Å²) in [6.45, 7) is 0. The molecule has 21 heavy (non-hydrogen) atoms. The van der Waals surface area contributed by atoms with E-state index in [0.717, 1.165) is 6.07 Å². The van der Waals surface area contributed by atoms with Crippen LogP contribution in [0.1, 0.15) is 10.4 Å². The first-order chi connectivity index (χ1) is 9.90. The highest BCUT2D eigenvalue weighted by molar-refractivity contribution is 8.00. The van der Waals surface area contributed by atoms with E-state index in [1.807, 2.05) is 0 Å². The molecule has 2 aromatic rings. The third-order valence-corrected chi connectivity index (χ3v) is 3.36. The van der Waals surface area contributed by atoms with E-state index >= 15 is 0 Å². The third-order valence-electron chi connectivity index (χ3n) is 2.57. The van der Waals surface area contributed by atoms with Crippen LogP contribution in [-0.2, 0) is 4.74 Å². The van der Waals surface area contributed by atoms with Crippen LogP contribution in [0.15, 0.2) is 47.5 Å². The molecule has 0 aliphatic heterocycles. The highest BCUT2D eigenvalue weighted by Gasteiger charge is 2.31. The van der Waals surface area contributed by atoms with Gasteiger partial charge in [-0.1, -0.05) is 12.1 Å². The van der Waals surface area contributed by atoms with Gasteiger partial charge in [0.15, 0.2) is 0 Å². The molecule has 0 saturated heterocycles. The zero-order valence-corrected chi connectivity index (χ0v) is 11.7. The summed E-state index contributed by atoms with van der Waals surface area (Å²) in [4.78, 5) is 15.4. The lowest BCUT2D eigenvalue weighted by Crippen LogP contribution is -2.04. The van der Waals surface area contributed by atoms with Gasteiger partial charge in [-0.2, -0.15) is 13.2 Å². The third kappa shape index (κ3) is 3.98. The molecule has 0 bridgehead atoms. The van der Waals surface area contributed by atoms with Crippen LogP contribution in [0.4, 0.5) is 13.2 Å². The molecule has 0 saturated carbocycles. The summed E-state index contributed by atoms with van der Waals surface area (Å²) in [5.74, 6) is -0.688. The van der Waals surface area contributed by atoms with E-state index in [2.05, 4.69) is 9.72 Å². The summed E-state index contributed by atoms with van der Waals surface area (Å²) in [5, 5.41) is 0. The number of hydrogen-bond donors (Lipinski definition) is 0. The number of esters is 1. The second kappa shape index (κ2) is 6.17. The van der Waals surface area contributed by atoms with Gasteiger partial charge in [0.05, 0.1) is 18.4 Å². The van der Waals surface area contributed by atoms with Crippen molar-refractivity contribution in [1.82, 2.24) is 4.98 Å². The van der Waals surface area contributed by atoms with E-state index in [1.165, 1.54) is 25.4 Å². The smallest absolute Gasteiger partial charge is 0.446 e. The van der Waals surface area contributed by atoms with Crippen LogP contribution in [0.3, 0.4) is 0 Å². The van der Waals surface area contributed by atoms with Gasteiger partial charge in [0.25, 0.3) is 0 Å². The van der Waals surface area contributed by atoms with Crippen molar-refractivity contribution in [1.29, 1.82) is 0 Å². The Kier molecular flexibility index (Phi) is 4.52. The Labute approximate surface area is 123 Å². The summed E-state index contributed by atoms with van der Waals surface area (Å²) in [7, 11) is 1.17. The summed E-state index contributed by atoms with van der Waals surface area (Å²) in [6, 6.07) is 8.96. The SMILES string of the molecule is COC(=O)c1ccc(-c2ccccn2)c(SC(F)(F)F)c1. The van der Waals surface area contributed by atoms with Crippen molar-refractivity contribution in [2.75, 3.05) is 7.11 Å². The number of benzene rings is 1. The van der Waals surface area contributed by atoms with Gasteiger partial charge in [-0.3, -0.25) is 4.98 Å². The van der Waals surface area contributed by atoms with Gasteiger partial charge in [-0.25, -0.2) is 4.79 Å². The minimum absolute atomic E-state index is 0.0592. The highest BCUT2D eigenvalue weighted by Crippen LogP contribution is 2.41. The van der Waals surface area contributed by atoms with Gasteiger partial charge in [-0.15, -0.1) is 0 Å². The van der Waals surface area contributed by atoms with Crippen molar-refractivity contribution in [3.63, 3.8) is 0 Å². The fourth-order valence-electron chi connectivity index (χ4n) is 1.71. The Morgan fingerprint density at radius 1 is 1.24 bits per heavy atom. The van der Waals surface area contributed by atoms with Gasteiger partial charge >= 0.3 is 11.5 Å². The number of carbonyl (C=O) groups excluding carboxylic acids is 1. The fraction of sp³-hybridized carbons (Fsp3) is 0.143. The molecule has 1 aromatic heterocycles. The lowest BCUT2D eigenvalue weighted by atomic mass is 10.1. The number of hydrogen-bond acceptors (Lipinski definition) is 4. The van der Waals surface area contributed by atoms with E-state index in [9.17, 15) is 18.0 Å². The lowest BCUT2D eigenvalue weighted by Gasteiger charge is -2.12. The molecule has 0 amide bonds. The van der Waals surface area contributed by atoms with Crippen LogP contribution < -0.4 is 0 Å². The largest absolute Gasteiger partial charge is 0.465 e. The van der Waals surface area contributed by atoms with Gasteiger partial charge in [-0.05, 0) is 36.0 Å². The molecule has 0 radical (unpaired) electrons. The number of ether oxygens (including phenoxy) is 1. The molecule has 110 valence electrons. The second-order valence-corrected chi connectivity index (χ2v) is 5.07. The molecular formula is C14H10F3NO2S. The van der Waals surface area contributed by atoms with Gasteiger partial charge in [0, 0.05) is 16.7 Å². The first-order valence-corrected chi connectivity index (χ1v) is 6.62. The maximum atomic E-state index is 12.7. The fourth-order valence-corrected chi connectivity index (χ4v) is 2.43. The lowest BCUT2D eigenvalue weighted by molar-refractivity contribution is -0.0328. The Hall–Kier alpha value is -2.02. The summed E-state index contributed by atoms with van der Waals surface area (Å²) in [5.41, 5.74) is -3.69. The van der Waals surface area contributed by atoms with Crippen LogP contribution >= 0.6 is 11.8 Å². The minimum Gasteiger partial charge on any atom is -0.465 e. The van der Waals surface area contributed by atoms with Crippen molar-refractivity contribution in [3.8, 4) is 11.3 Å². The summed E-state index contributed by atoms with van der Waals surface area (Å²) < 4.78 is 42.6. The molecule has 7 heteroatoms. The number of pyridine rings is 1. The van der Waals surface area contributed by atoms with E-state index in [0.29, 0.717) is 11.3 Å². The zero-order valence-electron chi connectivity index (χ0n) is 10.8. The number of methoxy groups -OCH3 is 1. The topological polar surface area (TPSA) is 39.2 Å². The predicted octanol–water partition coefficient (Wildman–Crippen LogP) is 4.15. The molecule has 1 aromatic carbocycles. The van der Waals surface area contributed by atoms with Gasteiger partial charge in [0.1, 0.15) is 0 Å². The van der Waals surface area contributed by atoms with Crippen molar-refractivity contribution >= 4 is 17.7 Å². The number of alkyl halides is 3. The molecule has 0 aliphatic rings. The Balaban J connectivity index is 2.51. The number of thioether (sulfide) groups is 1. The predicted molar refractivity (Wildman–Crippen MR) is 72.9 cm³/mol. The van der Waals surface area contributed by atoms with Crippen LogP contribution in [0.5, 0.6) is 0 Å². The molecule has 0 spiro atoms. The number of halogens is 3. The Bertz CT molecular complexity index is 644. The average Bonchev–Trinajstić information content (AvgIpc) is 2.45. The maximum absolute atomic E-state index is 12.7. The molecule has 1 heterocycles. The molecule has 0 fully saturated rings. The van der Waals surface area contributed by atoms with E-state index in [1.54, 1.807) is 18.2 Å². The maximum Gasteiger partial charge on any atom is 0.446 e. The van der Waals surface area contributed by atoms with Crippen LogP contribution in [0, 0.1) is 0 Å². The standard InChI is InChI=1S/C14H10F3NO2S/c1-20-13(19)9-5-6-10(11-4-2-3-7-18-11)12(8-9)21-14(15,16)17/h2-8H,1H3. The normalized spacial score (nSPS) is 11.2. The van der Waals surface area contributed by atoms with Crippen LogP contribution in [0.2, 0.25) is 0 Å². The summed E-state index contributed by atoms with van der Waals surface area (Å²) in [6.07, 6.45) is 1.49. The van der Waals surface area contributed by atoms with Crippen molar-refractivity contribution in [2.45, 2.75) is 10.4 Å². The first-order valence-electron chi connectivity index (χ1n) is 5.80.